The van der Waals surface area contributed by atoms with Crippen LogP contribution in [0.1, 0.15) is 25.3 Å². The van der Waals surface area contributed by atoms with Crippen LogP contribution in [0.2, 0.25) is 0 Å². The Morgan fingerprint density at radius 1 is 1.17 bits per heavy atom. The Hall–Kier alpha value is -1.92. The van der Waals surface area contributed by atoms with Crippen molar-refractivity contribution >= 4 is 11.8 Å². The van der Waals surface area contributed by atoms with Crippen LogP contribution >= 0.6 is 0 Å². The van der Waals surface area contributed by atoms with E-state index in [0.29, 0.717) is 45.8 Å². The van der Waals surface area contributed by atoms with Gasteiger partial charge in [0.05, 0.1) is 12.6 Å². The first-order chi connectivity index (χ1) is 11.6. The highest BCUT2D eigenvalue weighted by Crippen LogP contribution is 2.09. The van der Waals surface area contributed by atoms with Gasteiger partial charge in [-0.25, -0.2) is 0 Å². The van der Waals surface area contributed by atoms with E-state index in [1.54, 1.807) is 0 Å². The molecule has 2 rings (SSSR count). The van der Waals surface area contributed by atoms with E-state index in [1.807, 2.05) is 47.1 Å². The lowest BCUT2D eigenvalue weighted by molar-refractivity contribution is -0.134. The van der Waals surface area contributed by atoms with Gasteiger partial charge in [-0.2, -0.15) is 0 Å². The first kappa shape index (κ1) is 18.4. The highest BCUT2D eigenvalue weighted by Gasteiger charge is 2.25. The topological polar surface area (TPSA) is 75.9 Å². The number of hydrogen-bond acceptors (Lipinski definition) is 4. The van der Waals surface area contributed by atoms with Crippen LogP contribution in [0.25, 0.3) is 0 Å². The SMILES string of the molecule is CC(C(N)=O)N1CCN(C(=O)CCCOCc2ccccc2)CC1. The molecule has 1 unspecified atom stereocenters. The predicted octanol–water partition coefficient (Wildman–Crippen LogP) is 1.00. The van der Waals surface area contributed by atoms with Crippen LogP contribution in [0.5, 0.6) is 0 Å². The molecule has 1 aromatic rings. The van der Waals surface area contributed by atoms with E-state index in [1.165, 1.54) is 0 Å². The fraction of sp³-hybridized carbons (Fsp3) is 0.556. The Kier molecular flexibility index (Phi) is 7.21. The van der Waals surface area contributed by atoms with Gasteiger partial charge in [0.15, 0.2) is 0 Å². The predicted molar refractivity (Wildman–Crippen MR) is 92.1 cm³/mol. The molecule has 0 spiro atoms. The summed E-state index contributed by atoms with van der Waals surface area (Å²) >= 11 is 0. The van der Waals surface area contributed by atoms with Crippen molar-refractivity contribution in [2.45, 2.75) is 32.4 Å². The average Bonchev–Trinajstić information content (AvgIpc) is 2.61. The van der Waals surface area contributed by atoms with E-state index < -0.39 is 0 Å². The van der Waals surface area contributed by atoms with E-state index >= 15 is 0 Å². The van der Waals surface area contributed by atoms with E-state index in [0.717, 1.165) is 12.0 Å². The lowest BCUT2D eigenvalue weighted by atomic mass is 10.2. The molecule has 0 aromatic heterocycles. The Labute approximate surface area is 143 Å². The number of ether oxygens (including phenoxy) is 1. The molecule has 1 saturated heterocycles. The van der Waals surface area contributed by atoms with Crippen LogP contribution in [0.3, 0.4) is 0 Å². The van der Waals surface area contributed by atoms with Crippen molar-refractivity contribution in [3.8, 4) is 0 Å². The number of benzene rings is 1. The second-order valence-electron chi connectivity index (χ2n) is 6.14. The smallest absolute Gasteiger partial charge is 0.234 e. The minimum Gasteiger partial charge on any atom is -0.377 e. The van der Waals surface area contributed by atoms with E-state index in [-0.39, 0.29) is 17.9 Å². The lowest BCUT2D eigenvalue weighted by Crippen LogP contribution is -2.54. The van der Waals surface area contributed by atoms with E-state index in [4.69, 9.17) is 10.5 Å². The number of carbonyl (C=O) groups excluding carboxylic acids is 2. The summed E-state index contributed by atoms with van der Waals surface area (Å²) < 4.78 is 5.60. The number of hydrogen-bond donors (Lipinski definition) is 1. The molecule has 2 N–H and O–H groups in total. The second kappa shape index (κ2) is 9.39. The van der Waals surface area contributed by atoms with Crippen LogP contribution in [0.15, 0.2) is 30.3 Å². The number of amides is 2. The number of piperazine rings is 1. The highest BCUT2D eigenvalue weighted by molar-refractivity contribution is 5.79. The molecule has 0 aliphatic carbocycles. The third-order valence-corrected chi connectivity index (χ3v) is 4.42. The molecule has 1 aromatic carbocycles. The first-order valence-electron chi connectivity index (χ1n) is 8.50. The standard InChI is InChI=1S/C18H27N3O3/c1-15(18(19)23)20-9-11-21(12-10-20)17(22)8-5-13-24-14-16-6-3-2-4-7-16/h2-4,6-7,15H,5,8-14H2,1H3,(H2,19,23). The maximum absolute atomic E-state index is 12.2. The zero-order chi connectivity index (χ0) is 17.4. The molecule has 2 amide bonds. The van der Waals surface area contributed by atoms with Crippen molar-refractivity contribution < 1.29 is 14.3 Å². The number of primary amides is 1. The van der Waals surface area contributed by atoms with Crippen molar-refractivity contribution in [3.63, 3.8) is 0 Å². The fourth-order valence-corrected chi connectivity index (χ4v) is 2.79. The molecule has 6 nitrogen and oxygen atoms in total. The summed E-state index contributed by atoms with van der Waals surface area (Å²) in [5.74, 6) is -0.157. The van der Waals surface area contributed by atoms with Crippen molar-refractivity contribution in [2.24, 2.45) is 5.73 Å². The molecule has 0 radical (unpaired) electrons. The summed E-state index contributed by atoms with van der Waals surface area (Å²) in [6.45, 7) is 5.67. The minimum absolute atomic E-state index is 0.157. The molecule has 1 aliphatic heterocycles. The van der Waals surface area contributed by atoms with Gasteiger partial charge >= 0.3 is 0 Å². The Bertz CT molecular complexity index is 528. The normalized spacial score (nSPS) is 16.8. The quantitative estimate of drug-likeness (QED) is 0.720. The average molecular weight is 333 g/mol. The summed E-state index contributed by atoms with van der Waals surface area (Å²) in [7, 11) is 0. The maximum Gasteiger partial charge on any atom is 0.234 e. The van der Waals surface area contributed by atoms with Gasteiger partial charge in [-0.15, -0.1) is 0 Å². The molecule has 24 heavy (non-hydrogen) atoms. The van der Waals surface area contributed by atoms with E-state index in [9.17, 15) is 9.59 Å². The van der Waals surface area contributed by atoms with Gasteiger partial charge in [0.2, 0.25) is 11.8 Å². The summed E-state index contributed by atoms with van der Waals surface area (Å²) in [6.07, 6.45) is 1.23. The van der Waals surface area contributed by atoms with Crippen LogP contribution in [-0.2, 0) is 20.9 Å². The van der Waals surface area contributed by atoms with Gasteiger partial charge in [0.1, 0.15) is 0 Å². The Morgan fingerprint density at radius 3 is 2.46 bits per heavy atom. The lowest BCUT2D eigenvalue weighted by Gasteiger charge is -2.37. The van der Waals surface area contributed by atoms with Crippen molar-refractivity contribution in [2.75, 3.05) is 32.8 Å². The third-order valence-electron chi connectivity index (χ3n) is 4.42. The summed E-state index contributed by atoms with van der Waals surface area (Å²) in [6, 6.07) is 9.73. The van der Waals surface area contributed by atoms with E-state index in [2.05, 4.69) is 0 Å². The molecule has 0 bridgehead atoms. The van der Waals surface area contributed by atoms with Gasteiger partial charge < -0.3 is 15.4 Å². The monoisotopic (exact) mass is 333 g/mol. The molecule has 1 atom stereocenters. The largest absolute Gasteiger partial charge is 0.377 e. The van der Waals surface area contributed by atoms with Crippen LogP contribution in [0.4, 0.5) is 0 Å². The third kappa shape index (κ3) is 5.62. The van der Waals surface area contributed by atoms with Gasteiger partial charge in [-0.1, -0.05) is 30.3 Å². The number of rotatable bonds is 8. The molecule has 1 fully saturated rings. The molecule has 6 heteroatoms. The first-order valence-corrected chi connectivity index (χ1v) is 8.50. The van der Waals surface area contributed by atoms with Gasteiger partial charge in [-0.3, -0.25) is 14.5 Å². The second-order valence-corrected chi connectivity index (χ2v) is 6.14. The Balaban J connectivity index is 1.59. The summed E-state index contributed by atoms with van der Waals surface area (Å²) in [5, 5.41) is 0. The maximum atomic E-state index is 12.2. The fourth-order valence-electron chi connectivity index (χ4n) is 2.79. The number of nitrogens with two attached hydrogens (primary N) is 1. The molecule has 132 valence electrons. The van der Waals surface area contributed by atoms with Crippen LogP contribution < -0.4 is 5.73 Å². The van der Waals surface area contributed by atoms with Crippen LogP contribution in [-0.4, -0.2) is 60.4 Å². The minimum atomic E-state index is -0.314. The Morgan fingerprint density at radius 2 is 1.83 bits per heavy atom. The zero-order valence-corrected chi connectivity index (χ0v) is 14.3. The molecule has 0 saturated carbocycles. The highest BCUT2D eigenvalue weighted by atomic mass is 16.5. The van der Waals surface area contributed by atoms with Gasteiger partial charge in [0, 0.05) is 39.2 Å². The number of nitrogens with zero attached hydrogens (tertiary/aromatic N) is 2. The summed E-state index contributed by atoms with van der Waals surface area (Å²) in [5.41, 5.74) is 6.46. The zero-order valence-electron chi connectivity index (χ0n) is 14.3. The van der Waals surface area contributed by atoms with Crippen LogP contribution in [0, 0.1) is 0 Å². The summed E-state index contributed by atoms with van der Waals surface area (Å²) in [4.78, 5) is 27.3. The number of carbonyl (C=O) groups is 2. The molecule has 1 heterocycles. The molecular formula is C18H27N3O3. The van der Waals surface area contributed by atoms with Gasteiger partial charge in [-0.05, 0) is 18.9 Å². The van der Waals surface area contributed by atoms with Crippen molar-refractivity contribution in [3.05, 3.63) is 35.9 Å². The molecule has 1 aliphatic rings. The molecular weight excluding hydrogens is 306 g/mol. The van der Waals surface area contributed by atoms with Crippen molar-refractivity contribution in [1.29, 1.82) is 0 Å². The van der Waals surface area contributed by atoms with Crippen molar-refractivity contribution in [1.82, 2.24) is 9.80 Å². The van der Waals surface area contributed by atoms with Gasteiger partial charge in [0.25, 0.3) is 0 Å².